The Bertz CT molecular complexity index is 9450. The van der Waals surface area contributed by atoms with E-state index in [1.54, 1.807) is 313 Å². The second-order valence-corrected chi connectivity index (χ2v) is 34.5. The van der Waals surface area contributed by atoms with Crippen LogP contribution < -0.4 is 4.74 Å². The van der Waals surface area contributed by atoms with Crippen molar-refractivity contribution in [3.63, 3.8) is 0 Å². The van der Waals surface area contributed by atoms with Gasteiger partial charge in [-0.1, -0.05) is 91.6 Å². The van der Waals surface area contributed by atoms with E-state index in [1.165, 1.54) is 11.1 Å². The topological polar surface area (TPSA) is 60.0 Å². The molecular formula is C100H31N3O. The zero-order valence-corrected chi connectivity index (χ0v) is 54.6. The van der Waals surface area contributed by atoms with Crippen LogP contribution in [0, 0.1) is 57.7 Å². The molecule has 0 saturated carbocycles. The van der Waals surface area contributed by atoms with Crippen LogP contribution in [0.2, 0.25) is 0 Å². The lowest BCUT2D eigenvalue weighted by molar-refractivity contribution is 0.218. The lowest BCUT2D eigenvalue weighted by atomic mass is 9.47. The number of rotatable bonds is 7. The molecule has 2 unspecified atom stereocenters. The van der Waals surface area contributed by atoms with Crippen molar-refractivity contribution in [2.24, 2.45) is 11.3 Å². The van der Waals surface area contributed by atoms with Crippen molar-refractivity contribution in [2.45, 2.75) is 36.8 Å². The molecule has 452 valence electrons. The predicted octanol–water partition coefficient (Wildman–Crippen LogP) is 23.8. The number of ether oxygens (including phenoxy) is 1. The van der Waals surface area contributed by atoms with Crippen LogP contribution in [-0.2, 0) is 17.4 Å². The molecule has 6 aliphatic carbocycles. The van der Waals surface area contributed by atoms with E-state index in [4.69, 9.17) is 4.74 Å². The fraction of sp³-hybridized carbons (Fsp3) is 0.100. The number of allylic oxidation sites excluding steroid dienone is 8. The minimum absolute atomic E-state index is 0.0657. The molecule has 0 N–H and O–H groups in total. The molecule has 1 fully saturated rings. The van der Waals surface area contributed by atoms with Crippen molar-refractivity contribution in [3.05, 3.63) is 165 Å². The highest BCUT2D eigenvalue weighted by Crippen LogP contribution is 2.87. The molecule has 31 aromatic rings. The van der Waals surface area contributed by atoms with Gasteiger partial charge >= 0.3 is 0 Å². The molecule has 1 aliphatic heterocycles. The first-order valence-electron chi connectivity index (χ1n) is 37.6. The van der Waals surface area contributed by atoms with Crippen LogP contribution >= 0.6 is 0 Å². The number of likely N-dealkylation sites (tertiary alicyclic amines) is 1. The first-order valence-corrected chi connectivity index (χ1v) is 37.6. The maximum Gasteiger partial charge on any atom is 0.179 e. The summed E-state index contributed by atoms with van der Waals surface area (Å²) in [5.74, 6) is 14.1. The molecular weight excluding hydrogens is 1260 g/mol. The molecule has 1 heterocycles. The van der Waals surface area contributed by atoms with E-state index in [0.717, 1.165) is 53.1 Å². The highest BCUT2D eigenvalue weighted by atomic mass is 16.5. The Balaban J connectivity index is 0.693. The van der Waals surface area contributed by atoms with E-state index in [0.29, 0.717) is 6.61 Å². The maximum atomic E-state index is 10.6. The normalized spacial score (nSPS) is 21.8. The van der Waals surface area contributed by atoms with E-state index >= 15 is 0 Å². The van der Waals surface area contributed by atoms with Gasteiger partial charge in [-0.25, -0.2) is 0 Å². The third-order valence-electron chi connectivity index (χ3n) is 32.2. The number of hydrogen-bond acceptors (Lipinski definition) is 4. The highest BCUT2D eigenvalue weighted by Gasteiger charge is 2.76. The zero-order chi connectivity index (χ0) is 64.8. The summed E-state index contributed by atoms with van der Waals surface area (Å²) in [4.78, 5) is 3.06. The van der Waals surface area contributed by atoms with Crippen LogP contribution in [0.15, 0.2) is 115 Å². The van der Waals surface area contributed by atoms with Gasteiger partial charge in [0.25, 0.3) is 0 Å². The second-order valence-electron chi connectivity index (χ2n) is 34.5. The number of benzene rings is 21. The van der Waals surface area contributed by atoms with Gasteiger partial charge < -0.3 is 4.74 Å². The number of nitriles is 2. The summed E-state index contributed by atoms with van der Waals surface area (Å²) in [5.41, 5.74) is 11.5. The second kappa shape index (κ2) is 12.3. The van der Waals surface area contributed by atoms with Crippen LogP contribution in [0.3, 0.4) is 0 Å². The first-order chi connectivity index (χ1) is 51.6. The third kappa shape index (κ3) is 3.22. The first kappa shape index (κ1) is 45.7. The van der Waals surface area contributed by atoms with Crippen LogP contribution in [0.25, 0.3) is 296 Å². The van der Waals surface area contributed by atoms with E-state index in [2.05, 4.69) is 96.2 Å². The molecule has 2 spiro atoms. The van der Waals surface area contributed by atoms with Gasteiger partial charge in [-0.15, -0.1) is 0 Å². The van der Waals surface area contributed by atoms with Gasteiger partial charge in [0.1, 0.15) is 5.75 Å². The third-order valence-corrected chi connectivity index (χ3v) is 32.2. The Morgan fingerprint density at radius 3 is 1.10 bits per heavy atom. The summed E-state index contributed by atoms with van der Waals surface area (Å²) in [5, 5.41) is 109. The molecule has 4 nitrogen and oxygen atoms in total. The van der Waals surface area contributed by atoms with Gasteiger partial charge in [0.15, 0.2) is 5.41 Å². The molecule has 38 rings (SSSR count). The summed E-state index contributed by atoms with van der Waals surface area (Å²) >= 11 is 0. The van der Waals surface area contributed by atoms with E-state index < -0.39 is 16.2 Å². The Morgan fingerprint density at radius 1 is 0.394 bits per heavy atom. The van der Waals surface area contributed by atoms with Crippen LogP contribution in [0.4, 0.5) is 0 Å². The molecule has 2 atom stereocenters. The van der Waals surface area contributed by atoms with Gasteiger partial charge in [0, 0.05) is 30.1 Å². The molecule has 7 aliphatic rings. The Labute approximate surface area is 580 Å². The lowest BCUT2D eigenvalue weighted by Crippen LogP contribution is -2.51. The fourth-order valence-corrected chi connectivity index (χ4v) is 30.6. The largest absolute Gasteiger partial charge is 0.494 e. The molecule has 0 aromatic heterocycles. The maximum absolute atomic E-state index is 10.6. The van der Waals surface area contributed by atoms with Gasteiger partial charge in [0.2, 0.25) is 0 Å². The van der Waals surface area contributed by atoms with E-state index in [1.807, 2.05) is 60.7 Å². The summed E-state index contributed by atoms with van der Waals surface area (Å²) < 4.78 is 6.37. The predicted molar refractivity (Wildman–Crippen MR) is 427 cm³/mol. The van der Waals surface area contributed by atoms with E-state index in [-0.39, 0.29) is 12.0 Å². The van der Waals surface area contributed by atoms with Crippen molar-refractivity contribution in [1.82, 2.24) is 4.90 Å². The molecule has 0 bridgehead atoms. The minimum atomic E-state index is -1.31. The van der Waals surface area contributed by atoms with Gasteiger partial charge in [0.05, 0.1) is 35.6 Å². The summed E-state index contributed by atoms with van der Waals surface area (Å²) in [6.45, 7) is 4.60. The summed E-state index contributed by atoms with van der Waals surface area (Å²) in [6.07, 6.45) is 12.8. The smallest absolute Gasteiger partial charge is 0.179 e. The van der Waals surface area contributed by atoms with Crippen molar-refractivity contribution >= 4 is 296 Å². The van der Waals surface area contributed by atoms with Gasteiger partial charge in [-0.2, -0.15) is 10.5 Å². The molecule has 104 heavy (non-hydrogen) atoms. The zero-order valence-electron chi connectivity index (χ0n) is 54.6. The number of fused-ring (bicyclic) bond motifs is 1. The summed E-state index contributed by atoms with van der Waals surface area (Å²) in [7, 11) is 0. The quantitative estimate of drug-likeness (QED) is 0.118. The standard InChI is InChI=1S/C100H31N3O/c1-2-24-104-36-22-16-32(17-23-36)26-103-29-99-93-85-77-67-57-49-41-39-40-43-47-45(41)53-61-55(47)65-59-51(43)52-44(40)48-46-42(39)50(49)58-64-54(46)62-56(48)66-60(52)70-69(59)81-75(65)83-73(61)79(71(77)63(53)57)87(93)89(83)95-91(81)92-82(70)76(66)84-74(62)80-72(64)78(68(58)67)86(85)94(99)88(80)90(84)96(92)100(95,99)97(103)34-20-14-31(15-21-34)9-7-6-8-30-12-18-33(19-13-30)38-25-35-10-4-3-5-11-37(35)98(38,27-101)28-102/h3-5,10-23,25,37,97H,2,24,26,29H2,1H3. The minimum Gasteiger partial charge on any atom is -0.494 e. The highest BCUT2D eigenvalue weighted by molar-refractivity contribution is 6.82. The SMILES string of the molecule is CCCOc1ccc(CN2CC34c5c6c7c8c9c%10c(c%11c%12c3c3c5c5c%13c6c6c7c7c9c9c%14c%10c%10c%11c%11c%12c%12c3c3c5c5c%13c%13c6c6c7c9c7c9c%14c%10c%10c%11c%11c%12c3c3c5c5c%13c6c7c6c9c%10c%11c3c56)C84C2c2ccc(C#CC#Cc3ccc(C4=CC5=CC=CC=CC5C4(C#N)C#N)cc3)cc2)cc1. The molecule has 0 amide bonds. The molecule has 31 aromatic carbocycles. The average Bonchev–Trinajstić information content (AvgIpc) is 1.38. The summed E-state index contributed by atoms with van der Waals surface area (Å²) in [6, 6.07) is 31.7. The van der Waals surface area contributed by atoms with Crippen LogP contribution in [0.5, 0.6) is 5.75 Å². The Kier molecular flexibility index (Phi) is 5.38. The molecule has 0 radical (unpaired) electrons. The fourth-order valence-electron chi connectivity index (χ4n) is 30.6. The Hall–Kier alpha value is -13.1. The van der Waals surface area contributed by atoms with Crippen molar-refractivity contribution in [1.29, 1.82) is 10.5 Å². The molecule has 1 saturated heterocycles. The van der Waals surface area contributed by atoms with Crippen molar-refractivity contribution in [3.8, 4) is 41.6 Å². The Morgan fingerprint density at radius 2 is 0.740 bits per heavy atom. The number of hydrogen-bond donors (Lipinski definition) is 0. The van der Waals surface area contributed by atoms with Gasteiger partial charge in [-0.05, 0) is 396 Å². The monoisotopic (exact) mass is 1290 g/mol. The lowest BCUT2D eigenvalue weighted by Gasteiger charge is -2.52. The van der Waals surface area contributed by atoms with E-state index in [9.17, 15) is 10.5 Å². The molecule has 4 heteroatoms. The van der Waals surface area contributed by atoms with Crippen LogP contribution in [-0.4, -0.2) is 18.1 Å². The van der Waals surface area contributed by atoms with Crippen LogP contribution in [0.1, 0.15) is 69.5 Å². The van der Waals surface area contributed by atoms with Crippen molar-refractivity contribution < 1.29 is 4.74 Å². The van der Waals surface area contributed by atoms with Crippen molar-refractivity contribution in [2.75, 3.05) is 13.2 Å². The number of nitrogens with zero attached hydrogens (tertiary/aromatic N) is 3. The van der Waals surface area contributed by atoms with Gasteiger partial charge in [-0.3, -0.25) is 4.90 Å². The average molecular weight is 1290 g/mol.